The fourth-order valence-corrected chi connectivity index (χ4v) is 2.72. The van der Waals surface area contributed by atoms with Crippen molar-refractivity contribution in [3.8, 4) is 0 Å². The Bertz CT molecular complexity index is 382. The summed E-state index contributed by atoms with van der Waals surface area (Å²) in [6, 6.07) is -0.716. The Hall–Kier alpha value is -1.59. The van der Waals surface area contributed by atoms with E-state index in [1.807, 2.05) is 0 Å². The van der Waals surface area contributed by atoms with Crippen LogP contribution in [0.1, 0.15) is 25.7 Å². The topological polar surface area (TPSA) is 77.9 Å². The number of aliphatic carboxylic acids is 1. The molecule has 0 radical (unpaired) electrons. The first-order valence-electron chi connectivity index (χ1n) is 6.28. The van der Waals surface area contributed by atoms with Crippen LogP contribution in [0.3, 0.4) is 0 Å². The lowest BCUT2D eigenvalue weighted by Crippen LogP contribution is -2.50. The summed E-state index contributed by atoms with van der Waals surface area (Å²) in [6.45, 7) is 0.894. The second-order valence-electron chi connectivity index (χ2n) is 5.06. The summed E-state index contributed by atoms with van der Waals surface area (Å²) in [5.74, 6) is -1.54. The van der Waals surface area contributed by atoms with Gasteiger partial charge in [0.05, 0.1) is 5.92 Å². The molecule has 0 aliphatic carbocycles. The van der Waals surface area contributed by atoms with Crippen LogP contribution in [0.15, 0.2) is 0 Å². The summed E-state index contributed by atoms with van der Waals surface area (Å²) in [7, 11) is 1.67. The molecule has 1 unspecified atom stereocenters. The van der Waals surface area contributed by atoms with E-state index in [9.17, 15) is 14.4 Å². The van der Waals surface area contributed by atoms with Crippen molar-refractivity contribution in [2.24, 2.45) is 5.92 Å². The van der Waals surface area contributed by atoms with Gasteiger partial charge < -0.3 is 14.9 Å². The number of hydrogen-bond donors (Lipinski definition) is 1. The summed E-state index contributed by atoms with van der Waals surface area (Å²) >= 11 is 0. The van der Waals surface area contributed by atoms with Crippen LogP contribution in [0.5, 0.6) is 0 Å². The molecule has 2 aliphatic heterocycles. The molecule has 2 amide bonds. The third-order valence-electron chi connectivity index (χ3n) is 3.76. The van der Waals surface area contributed by atoms with Crippen molar-refractivity contribution in [3.63, 3.8) is 0 Å². The lowest BCUT2D eigenvalue weighted by Gasteiger charge is -2.34. The van der Waals surface area contributed by atoms with Crippen molar-refractivity contribution in [2.75, 3.05) is 20.1 Å². The van der Waals surface area contributed by atoms with Gasteiger partial charge in [0.25, 0.3) is 0 Å². The summed E-state index contributed by atoms with van der Waals surface area (Å²) in [6.07, 6.45) is 2.39. The molecule has 0 bridgehead atoms. The predicted octanol–water partition coefficient (Wildman–Crippen LogP) is -0.0696. The zero-order valence-corrected chi connectivity index (χ0v) is 10.5. The number of nitrogens with zero attached hydrogens (tertiary/aromatic N) is 2. The van der Waals surface area contributed by atoms with Crippen LogP contribution in [0.2, 0.25) is 0 Å². The maximum absolute atomic E-state index is 12.3. The number of likely N-dealkylation sites (tertiary alicyclic amines) is 2. The van der Waals surface area contributed by atoms with E-state index in [2.05, 4.69) is 0 Å². The van der Waals surface area contributed by atoms with Gasteiger partial charge in [-0.05, 0) is 19.3 Å². The van der Waals surface area contributed by atoms with Crippen molar-refractivity contribution < 1.29 is 19.5 Å². The fraction of sp³-hybridized carbons (Fsp3) is 0.750. The number of carboxylic acid groups (broad SMARTS) is 1. The molecule has 6 heteroatoms. The summed E-state index contributed by atoms with van der Waals surface area (Å²) in [5.41, 5.74) is 0. The molecule has 0 aromatic rings. The standard InChI is InChI=1S/C12H18N2O4/c1-13-7-8(6-10(13)15)11(16)14-5-3-2-4-9(14)12(17)18/h8-9H,2-7H2,1H3,(H,17,18)/t8?,9-/m1/s1. The number of piperidine rings is 1. The van der Waals surface area contributed by atoms with Gasteiger partial charge in [-0.1, -0.05) is 0 Å². The van der Waals surface area contributed by atoms with Gasteiger partial charge in [-0.2, -0.15) is 0 Å². The minimum atomic E-state index is -0.944. The summed E-state index contributed by atoms with van der Waals surface area (Å²) < 4.78 is 0. The minimum Gasteiger partial charge on any atom is -0.480 e. The molecule has 18 heavy (non-hydrogen) atoms. The van der Waals surface area contributed by atoms with Crippen LogP contribution >= 0.6 is 0 Å². The molecule has 2 atom stereocenters. The summed E-state index contributed by atoms with van der Waals surface area (Å²) in [5, 5.41) is 9.13. The van der Waals surface area contributed by atoms with E-state index in [0.717, 1.165) is 12.8 Å². The van der Waals surface area contributed by atoms with E-state index in [4.69, 9.17) is 5.11 Å². The molecule has 6 nitrogen and oxygen atoms in total. The molecule has 2 saturated heterocycles. The van der Waals surface area contributed by atoms with Crippen LogP contribution in [0.4, 0.5) is 0 Å². The number of carbonyl (C=O) groups is 3. The Morgan fingerprint density at radius 3 is 2.61 bits per heavy atom. The number of carboxylic acids is 1. The van der Waals surface area contributed by atoms with Gasteiger partial charge in [0, 0.05) is 26.6 Å². The smallest absolute Gasteiger partial charge is 0.326 e. The molecule has 0 aromatic carbocycles. The van der Waals surface area contributed by atoms with Gasteiger partial charge in [-0.15, -0.1) is 0 Å². The van der Waals surface area contributed by atoms with Crippen molar-refractivity contribution in [1.29, 1.82) is 0 Å². The lowest BCUT2D eigenvalue weighted by molar-refractivity contribution is -0.153. The summed E-state index contributed by atoms with van der Waals surface area (Å²) in [4.78, 5) is 37.8. The van der Waals surface area contributed by atoms with Gasteiger partial charge >= 0.3 is 5.97 Å². The van der Waals surface area contributed by atoms with Crippen LogP contribution in [0, 0.1) is 5.92 Å². The molecule has 0 aromatic heterocycles. The Morgan fingerprint density at radius 2 is 2.06 bits per heavy atom. The number of amides is 2. The van der Waals surface area contributed by atoms with Crippen molar-refractivity contribution in [1.82, 2.24) is 9.80 Å². The SMILES string of the molecule is CN1CC(C(=O)N2CCCC[C@@H]2C(=O)O)CC1=O. The van der Waals surface area contributed by atoms with Crippen molar-refractivity contribution in [3.05, 3.63) is 0 Å². The van der Waals surface area contributed by atoms with E-state index >= 15 is 0 Å². The first-order chi connectivity index (χ1) is 8.50. The molecule has 2 aliphatic rings. The average Bonchev–Trinajstić information content (AvgIpc) is 2.68. The second kappa shape index (κ2) is 4.96. The average molecular weight is 254 g/mol. The minimum absolute atomic E-state index is 0.0442. The normalized spacial score (nSPS) is 28.6. The van der Waals surface area contributed by atoms with Gasteiger partial charge in [-0.3, -0.25) is 9.59 Å². The van der Waals surface area contributed by atoms with Gasteiger partial charge in [0.15, 0.2) is 0 Å². The number of carbonyl (C=O) groups excluding carboxylic acids is 2. The van der Waals surface area contributed by atoms with Gasteiger partial charge in [0.1, 0.15) is 6.04 Å². The third-order valence-corrected chi connectivity index (χ3v) is 3.76. The van der Waals surface area contributed by atoms with E-state index in [1.165, 1.54) is 9.80 Å². The Labute approximate surface area is 106 Å². The molecule has 100 valence electrons. The largest absolute Gasteiger partial charge is 0.480 e. The highest BCUT2D eigenvalue weighted by Crippen LogP contribution is 2.24. The van der Waals surface area contributed by atoms with Gasteiger partial charge in [-0.25, -0.2) is 4.79 Å². The zero-order chi connectivity index (χ0) is 13.3. The van der Waals surface area contributed by atoms with Gasteiger partial charge in [0.2, 0.25) is 11.8 Å². The first-order valence-corrected chi connectivity index (χ1v) is 6.28. The quantitative estimate of drug-likeness (QED) is 0.748. The van der Waals surface area contributed by atoms with Crippen molar-refractivity contribution in [2.45, 2.75) is 31.7 Å². The molecular formula is C12H18N2O4. The number of rotatable bonds is 2. The van der Waals surface area contributed by atoms with E-state index in [1.54, 1.807) is 7.05 Å². The molecule has 2 heterocycles. The monoisotopic (exact) mass is 254 g/mol. The molecule has 0 saturated carbocycles. The van der Waals surface area contributed by atoms with Crippen LogP contribution < -0.4 is 0 Å². The highest BCUT2D eigenvalue weighted by Gasteiger charge is 2.39. The first kappa shape index (κ1) is 12.9. The lowest BCUT2D eigenvalue weighted by atomic mass is 9.98. The zero-order valence-electron chi connectivity index (χ0n) is 10.5. The van der Waals surface area contributed by atoms with E-state index in [0.29, 0.717) is 19.5 Å². The second-order valence-corrected chi connectivity index (χ2v) is 5.06. The highest BCUT2D eigenvalue weighted by molar-refractivity contribution is 5.91. The molecule has 0 spiro atoms. The molecular weight excluding hydrogens is 236 g/mol. The Morgan fingerprint density at radius 1 is 1.33 bits per heavy atom. The van der Waals surface area contributed by atoms with Crippen molar-refractivity contribution >= 4 is 17.8 Å². The molecule has 2 fully saturated rings. The van der Waals surface area contributed by atoms with E-state index < -0.39 is 12.0 Å². The van der Waals surface area contributed by atoms with Crippen LogP contribution in [-0.4, -0.2) is 58.9 Å². The Kier molecular flexibility index (Phi) is 3.54. The van der Waals surface area contributed by atoms with E-state index in [-0.39, 0.29) is 24.2 Å². The molecule has 1 N–H and O–H groups in total. The van der Waals surface area contributed by atoms with Crippen LogP contribution in [0.25, 0.3) is 0 Å². The van der Waals surface area contributed by atoms with Crippen LogP contribution in [-0.2, 0) is 14.4 Å². The maximum atomic E-state index is 12.3. The number of hydrogen-bond acceptors (Lipinski definition) is 3. The third kappa shape index (κ3) is 2.32. The highest BCUT2D eigenvalue weighted by atomic mass is 16.4. The Balaban J connectivity index is 2.07. The predicted molar refractivity (Wildman–Crippen MR) is 62.7 cm³/mol. The fourth-order valence-electron chi connectivity index (χ4n) is 2.72. The maximum Gasteiger partial charge on any atom is 0.326 e. The molecule has 2 rings (SSSR count).